The molecule has 2 rings (SSSR count). The van der Waals surface area contributed by atoms with E-state index in [4.69, 9.17) is 9.47 Å². The van der Waals surface area contributed by atoms with Crippen molar-refractivity contribution in [1.82, 2.24) is 9.59 Å². The predicted octanol–water partition coefficient (Wildman–Crippen LogP) is 0.584. The first-order valence-corrected chi connectivity index (χ1v) is 3.80. The minimum absolute atomic E-state index is 0.265. The highest BCUT2D eigenvalue weighted by Crippen LogP contribution is 2.21. The van der Waals surface area contributed by atoms with E-state index in [0.717, 1.165) is 5.69 Å². The van der Waals surface area contributed by atoms with Gasteiger partial charge in [-0.25, -0.2) is 0 Å². The van der Waals surface area contributed by atoms with Gasteiger partial charge in [0.05, 0.1) is 13.2 Å². The van der Waals surface area contributed by atoms with Crippen LogP contribution in [0.1, 0.15) is 12.0 Å². The zero-order valence-corrected chi connectivity index (χ0v) is 6.00. The number of hydrogen-bond donors (Lipinski definition) is 0. The molecule has 1 aromatic rings. The van der Waals surface area contributed by atoms with Crippen molar-refractivity contribution in [2.75, 3.05) is 13.2 Å². The Balaban J connectivity index is 2.12. The Labute approximate surface area is 61.9 Å². The maximum Gasteiger partial charge on any atom is 0.204 e. The van der Waals surface area contributed by atoms with Crippen molar-refractivity contribution in [2.24, 2.45) is 0 Å². The van der Waals surface area contributed by atoms with Crippen LogP contribution in [0.25, 0.3) is 0 Å². The first-order chi connectivity index (χ1) is 4.97. The molecule has 4 nitrogen and oxygen atoms in total. The number of hydrogen-bond acceptors (Lipinski definition) is 5. The summed E-state index contributed by atoms with van der Waals surface area (Å²) in [5.74, 6) is 0. The van der Waals surface area contributed by atoms with Gasteiger partial charge in [-0.15, -0.1) is 5.10 Å². The third kappa shape index (κ3) is 1.03. The van der Waals surface area contributed by atoms with E-state index >= 15 is 0 Å². The van der Waals surface area contributed by atoms with Crippen LogP contribution >= 0.6 is 11.5 Å². The molecule has 0 aromatic carbocycles. The van der Waals surface area contributed by atoms with Crippen molar-refractivity contribution in [2.45, 2.75) is 6.29 Å². The Bertz CT molecular complexity index is 195. The van der Waals surface area contributed by atoms with Gasteiger partial charge in [0.25, 0.3) is 0 Å². The highest BCUT2D eigenvalue weighted by atomic mass is 32.1. The summed E-state index contributed by atoms with van der Waals surface area (Å²) in [5.41, 5.74) is 0.780. The molecule has 1 aliphatic heterocycles. The molecular formula is C5H6N2O2S. The lowest BCUT2D eigenvalue weighted by Gasteiger charge is -2.01. The fraction of sp³-hybridized carbons (Fsp3) is 0.600. The number of ether oxygens (including phenoxy) is 2. The summed E-state index contributed by atoms with van der Waals surface area (Å²) in [6.07, 6.45) is -0.265. The molecule has 54 valence electrons. The van der Waals surface area contributed by atoms with Crippen LogP contribution in [0, 0.1) is 0 Å². The van der Waals surface area contributed by atoms with Gasteiger partial charge < -0.3 is 9.47 Å². The minimum Gasteiger partial charge on any atom is -0.345 e. The maximum absolute atomic E-state index is 5.18. The Hall–Kier alpha value is -0.520. The number of nitrogens with zero attached hydrogens (tertiary/aromatic N) is 2. The van der Waals surface area contributed by atoms with Crippen LogP contribution in [0.15, 0.2) is 5.38 Å². The molecule has 0 saturated carbocycles. The molecule has 0 amide bonds. The van der Waals surface area contributed by atoms with E-state index in [1.54, 1.807) is 0 Å². The highest BCUT2D eigenvalue weighted by Gasteiger charge is 2.20. The van der Waals surface area contributed by atoms with E-state index in [2.05, 4.69) is 9.59 Å². The molecule has 0 radical (unpaired) electrons. The lowest BCUT2D eigenvalue weighted by atomic mass is 10.5. The molecule has 5 heteroatoms. The molecular weight excluding hydrogens is 152 g/mol. The Morgan fingerprint density at radius 3 is 2.90 bits per heavy atom. The second kappa shape index (κ2) is 2.61. The molecule has 1 aromatic heterocycles. The van der Waals surface area contributed by atoms with Crippen molar-refractivity contribution < 1.29 is 9.47 Å². The second-order valence-electron chi connectivity index (χ2n) is 1.90. The van der Waals surface area contributed by atoms with Gasteiger partial charge in [-0.1, -0.05) is 4.49 Å². The van der Waals surface area contributed by atoms with Crippen molar-refractivity contribution >= 4 is 11.5 Å². The molecule has 0 atom stereocenters. The van der Waals surface area contributed by atoms with Crippen LogP contribution in [0.4, 0.5) is 0 Å². The number of rotatable bonds is 1. The zero-order valence-electron chi connectivity index (χ0n) is 5.19. The van der Waals surface area contributed by atoms with Crippen LogP contribution in [-0.4, -0.2) is 22.8 Å². The van der Waals surface area contributed by atoms with Gasteiger partial charge in [0.15, 0.2) is 0 Å². The number of aromatic nitrogens is 2. The Kier molecular flexibility index (Phi) is 1.62. The Morgan fingerprint density at radius 2 is 2.30 bits per heavy atom. The molecule has 1 saturated heterocycles. The summed E-state index contributed by atoms with van der Waals surface area (Å²) >= 11 is 1.31. The minimum atomic E-state index is -0.265. The van der Waals surface area contributed by atoms with Crippen LogP contribution in [0.3, 0.4) is 0 Å². The monoisotopic (exact) mass is 158 g/mol. The maximum atomic E-state index is 5.18. The van der Waals surface area contributed by atoms with Gasteiger partial charge in [0, 0.05) is 5.38 Å². The molecule has 0 spiro atoms. The predicted molar refractivity (Wildman–Crippen MR) is 34.6 cm³/mol. The fourth-order valence-corrected chi connectivity index (χ4v) is 1.26. The van der Waals surface area contributed by atoms with E-state index in [-0.39, 0.29) is 6.29 Å². The molecule has 2 heterocycles. The summed E-state index contributed by atoms with van der Waals surface area (Å²) in [4.78, 5) is 0. The smallest absolute Gasteiger partial charge is 0.204 e. The summed E-state index contributed by atoms with van der Waals surface area (Å²) < 4.78 is 14.1. The van der Waals surface area contributed by atoms with Gasteiger partial charge in [0.1, 0.15) is 5.69 Å². The SMILES string of the molecule is c1snnc1C1OCCO1. The average Bonchev–Trinajstić information content (AvgIpc) is 2.59. The van der Waals surface area contributed by atoms with Gasteiger partial charge in [-0.3, -0.25) is 0 Å². The van der Waals surface area contributed by atoms with Gasteiger partial charge >= 0.3 is 0 Å². The van der Waals surface area contributed by atoms with Crippen molar-refractivity contribution in [3.8, 4) is 0 Å². The van der Waals surface area contributed by atoms with E-state index in [1.165, 1.54) is 11.5 Å². The summed E-state index contributed by atoms with van der Waals surface area (Å²) in [6.45, 7) is 1.31. The lowest BCUT2D eigenvalue weighted by Crippen LogP contribution is -1.97. The normalized spacial score (nSPS) is 20.0. The average molecular weight is 158 g/mol. The summed E-state index contributed by atoms with van der Waals surface area (Å²) in [5, 5.41) is 5.65. The van der Waals surface area contributed by atoms with E-state index < -0.39 is 0 Å². The highest BCUT2D eigenvalue weighted by molar-refractivity contribution is 7.03. The third-order valence-electron chi connectivity index (χ3n) is 1.24. The molecule has 1 aliphatic rings. The molecule has 0 aliphatic carbocycles. The second-order valence-corrected chi connectivity index (χ2v) is 2.51. The van der Waals surface area contributed by atoms with Gasteiger partial charge in [0.2, 0.25) is 6.29 Å². The van der Waals surface area contributed by atoms with Crippen molar-refractivity contribution in [3.05, 3.63) is 11.1 Å². The third-order valence-corrected chi connectivity index (χ3v) is 1.76. The van der Waals surface area contributed by atoms with Crippen molar-refractivity contribution in [1.29, 1.82) is 0 Å². The lowest BCUT2D eigenvalue weighted by molar-refractivity contribution is -0.0472. The largest absolute Gasteiger partial charge is 0.345 e. The zero-order chi connectivity index (χ0) is 6.81. The molecule has 10 heavy (non-hydrogen) atoms. The summed E-state index contributed by atoms with van der Waals surface area (Å²) in [6, 6.07) is 0. The standard InChI is InChI=1S/C5H6N2O2S/c1-2-9-5(8-1)4-3-10-7-6-4/h3,5H,1-2H2. The van der Waals surface area contributed by atoms with E-state index in [0.29, 0.717) is 13.2 Å². The summed E-state index contributed by atoms with van der Waals surface area (Å²) in [7, 11) is 0. The topological polar surface area (TPSA) is 44.2 Å². The van der Waals surface area contributed by atoms with Crippen LogP contribution < -0.4 is 0 Å². The van der Waals surface area contributed by atoms with Crippen LogP contribution in [-0.2, 0) is 9.47 Å². The molecule has 0 bridgehead atoms. The van der Waals surface area contributed by atoms with Gasteiger partial charge in [-0.2, -0.15) is 0 Å². The Morgan fingerprint density at radius 1 is 1.50 bits per heavy atom. The molecule has 0 N–H and O–H groups in total. The van der Waals surface area contributed by atoms with E-state index in [9.17, 15) is 0 Å². The quantitative estimate of drug-likeness (QED) is 0.599. The van der Waals surface area contributed by atoms with E-state index in [1.807, 2.05) is 5.38 Å². The fourth-order valence-electron chi connectivity index (χ4n) is 0.804. The van der Waals surface area contributed by atoms with Crippen LogP contribution in [0.2, 0.25) is 0 Å². The molecule has 1 fully saturated rings. The van der Waals surface area contributed by atoms with Crippen LogP contribution in [0.5, 0.6) is 0 Å². The first-order valence-electron chi connectivity index (χ1n) is 2.97. The van der Waals surface area contributed by atoms with Crippen molar-refractivity contribution in [3.63, 3.8) is 0 Å². The first kappa shape index (κ1) is 6.21. The molecule has 0 unspecified atom stereocenters. The van der Waals surface area contributed by atoms with Gasteiger partial charge in [-0.05, 0) is 11.5 Å².